The Balaban J connectivity index is 1.60. The third-order valence-corrected chi connectivity index (χ3v) is 4.97. The minimum Gasteiger partial charge on any atom is -0.330 e. The van der Waals surface area contributed by atoms with Crippen molar-refractivity contribution in [2.45, 2.75) is 13.3 Å². The Labute approximate surface area is 134 Å². The second kappa shape index (κ2) is 6.68. The van der Waals surface area contributed by atoms with E-state index in [0.717, 1.165) is 47.9 Å². The van der Waals surface area contributed by atoms with Gasteiger partial charge in [-0.3, -0.25) is 9.69 Å². The van der Waals surface area contributed by atoms with Crippen LogP contribution in [-0.4, -0.2) is 37.0 Å². The van der Waals surface area contributed by atoms with Crippen molar-refractivity contribution in [3.63, 3.8) is 0 Å². The molecule has 2 unspecified atom stereocenters. The van der Waals surface area contributed by atoms with Crippen LogP contribution in [0, 0.1) is 11.8 Å². The van der Waals surface area contributed by atoms with Gasteiger partial charge in [-0.15, -0.1) is 0 Å². The Bertz CT molecular complexity index is 641. The average Bonchev–Trinajstić information content (AvgIpc) is 2.99. The van der Waals surface area contributed by atoms with Crippen LogP contribution in [0.3, 0.4) is 0 Å². The number of hydrogen-bond donors (Lipinski definition) is 2. The molecule has 2 aliphatic rings. The molecular formula is C15H21N5OS. The Kier molecular flexibility index (Phi) is 4.66. The van der Waals surface area contributed by atoms with E-state index in [-0.39, 0.29) is 5.91 Å². The van der Waals surface area contributed by atoms with Gasteiger partial charge in [-0.1, -0.05) is 13.0 Å². The molecule has 0 bridgehead atoms. The number of fused-ring (bicyclic) bond motifs is 1. The molecule has 7 heteroatoms. The number of nitrogens with one attached hydrogen (secondary N) is 1. The highest BCUT2D eigenvalue weighted by Gasteiger charge is 2.26. The molecule has 2 atom stereocenters. The standard InChI is InChI=1S/C15H21N5OS/c1-10-5-6-20(8-11(10)7-16)9-14(21)17-12-3-2-4-13-15(12)19-22-18-13/h2-4,10-11H,5-9,16H2,1H3,(H,17,21). The summed E-state index contributed by atoms with van der Waals surface area (Å²) in [5.74, 6) is 1.11. The lowest BCUT2D eigenvalue weighted by Crippen LogP contribution is -2.45. The first kappa shape index (κ1) is 15.3. The van der Waals surface area contributed by atoms with E-state index in [1.165, 1.54) is 0 Å². The topological polar surface area (TPSA) is 83.1 Å². The van der Waals surface area contributed by atoms with Crippen LogP contribution in [0.2, 0.25) is 0 Å². The number of amides is 1. The van der Waals surface area contributed by atoms with Crippen LogP contribution in [0.4, 0.5) is 17.1 Å². The van der Waals surface area contributed by atoms with Crippen molar-refractivity contribution in [1.82, 2.24) is 4.90 Å². The molecular weight excluding hydrogens is 298 g/mol. The normalized spacial score (nSPS) is 23.9. The second-order valence-corrected chi connectivity index (χ2v) is 6.51. The summed E-state index contributed by atoms with van der Waals surface area (Å²) in [6.45, 7) is 5.17. The Morgan fingerprint density at radius 1 is 1.50 bits per heavy atom. The third-order valence-electron chi connectivity index (χ3n) is 4.43. The summed E-state index contributed by atoms with van der Waals surface area (Å²) >= 11 is 1.16. The van der Waals surface area contributed by atoms with Gasteiger partial charge in [0.05, 0.1) is 23.6 Å². The maximum absolute atomic E-state index is 12.3. The van der Waals surface area contributed by atoms with Gasteiger partial charge in [-0.25, -0.2) is 0 Å². The number of carbonyl (C=O) groups excluding carboxylic acids is 1. The van der Waals surface area contributed by atoms with Crippen molar-refractivity contribution in [1.29, 1.82) is 0 Å². The molecule has 6 nitrogen and oxygen atoms in total. The molecule has 22 heavy (non-hydrogen) atoms. The predicted octanol–water partition coefficient (Wildman–Crippen LogP) is 2.27. The number of nitrogens with zero attached hydrogens (tertiary/aromatic N) is 3. The molecule has 118 valence electrons. The maximum atomic E-state index is 12.3. The van der Waals surface area contributed by atoms with E-state index in [2.05, 4.69) is 25.9 Å². The van der Waals surface area contributed by atoms with Crippen molar-refractivity contribution in [2.24, 2.45) is 26.3 Å². The number of piperidine rings is 1. The maximum Gasteiger partial charge on any atom is 0.238 e. The summed E-state index contributed by atoms with van der Waals surface area (Å²) in [4.78, 5) is 14.5. The molecule has 0 radical (unpaired) electrons. The van der Waals surface area contributed by atoms with Crippen LogP contribution in [0.25, 0.3) is 0 Å². The van der Waals surface area contributed by atoms with Crippen molar-refractivity contribution in [3.8, 4) is 0 Å². The number of likely N-dealkylation sites (tertiary alicyclic amines) is 1. The molecule has 3 N–H and O–H groups in total. The molecule has 1 fully saturated rings. The number of benzene rings is 1. The van der Waals surface area contributed by atoms with Gasteiger partial charge in [0.2, 0.25) is 5.91 Å². The summed E-state index contributed by atoms with van der Waals surface area (Å²) in [5, 5.41) is 2.95. The smallest absolute Gasteiger partial charge is 0.238 e. The summed E-state index contributed by atoms with van der Waals surface area (Å²) in [7, 11) is 0. The van der Waals surface area contributed by atoms with Gasteiger partial charge >= 0.3 is 0 Å². The van der Waals surface area contributed by atoms with E-state index >= 15 is 0 Å². The first-order valence-corrected chi connectivity index (χ1v) is 8.34. The largest absolute Gasteiger partial charge is 0.330 e. The molecule has 3 rings (SSSR count). The lowest BCUT2D eigenvalue weighted by atomic mass is 9.87. The van der Waals surface area contributed by atoms with Crippen molar-refractivity contribution in [2.75, 3.05) is 31.5 Å². The first-order valence-electron chi connectivity index (χ1n) is 7.61. The van der Waals surface area contributed by atoms with E-state index in [0.29, 0.717) is 24.9 Å². The molecule has 2 aliphatic heterocycles. The SMILES string of the molecule is CC1CCN(CC(=O)Nc2cccc3c2N=S=N3)CC1CN. The van der Waals surface area contributed by atoms with Gasteiger partial charge in [-0.2, -0.15) is 8.73 Å². The van der Waals surface area contributed by atoms with Crippen LogP contribution in [0.1, 0.15) is 13.3 Å². The molecule has 0 spiro atoms. The van der Waals surface area contributed by atoms with Crippen LogP contribution < -0.4 is 11.1 Å². The monoisotopic (exact) mass is 319 g/mol. The van der Waals surface area contributed by atoms with Crippen LogP contribution in [-0.2, 0) is 16.1 Å². The average molecular weight is 319 g/mol. The van der Waals surface area contributed by atoms with Crippen LogP contribution in [0.5, 0.6) is 0 Å². The van der Waals surface area contributed by atoms with E-state index < -0.39 is 0 Å². The van der Waals surface area contributed by atoms with Gasteiger partial charge in [0.25, 0.3) is 0 Å². The highest BCUT2D eigenvalue weighted by Crippen LogP contribution is 2.38. The van der Waals surface area contributed by atoms with Gasteiger partial charge in [0.15, 0.2) is 0 Å². The molecule has 0 saturated carbocycles. The van der Waals surface area contributed by atoms with Crippen molar-refractivity contribution >= 4 is 34.3 Å². The van der Waals surface area contributed by atoms with E-state index in [1.54, 1.807) is 0 Å². The highest BCUT2D eigenvalue weighted by molar-refractivity contribution is 7.58. The van der Waals surface area contributed by atoms with Crippen molar-refractivity contribution < 1.29 is 4.79 Å². The lowest BCUT2D eigenvalue weighted by molar-refractivity contribution is -0.117. The van der Waals surface area contributed by atoms with E-state index in [9.17, 15) is 4.79 Å². The predicted molar refractivity (Wildman–Crippen MR) is 89.4 cm³/mol. The Morgan fingerprint density at radius 3 is 3.18 bits per heavy atom. The molecule has 0 aromatic heterocycles. The van der Waals surface area contributed by atoms with Crippen LogP contribution >= 0.6 is 0 Å². The molecule has 1 aromatic rings. The van der Waals surface area contributed by atoms with Crippen LogP contribution in [0.15, 0.2) is 26.9 Å². The zero-order valence-corrected chi connectivity index (χ0v) is 13.5. The molecule has 1 saturated heterocycles. The quantitative estimate of drug-likeness (QED) is 0.907. The minimum atomic E-state index is -0.00850. The third kappa shape index (κ3) is 3.26. The van der Waals surface area contributed by atoms with Gasteiger partial charge in [0, 0.05) is 6.54 Å². The number of nitrogens with two attached hydrogens (primary N) is 1. The summed E-state index contributed by atoms with van der Waals surface area (Å²) in [6.07, 6.45) is 1.10. The number of anilines is 1. The second-order valence-electron chi connectivity index (χ2n) is 5.98. The molecule has 0 aliphatic carbocycles. The van der Waals surface area contributed by atoms with E-state index in [1.807, 2.05) is 18.2 Å². The Morgan fingerprint density at radius 2 is 2.36 bits per heavy atom. The molecule has 1 amide bonds. The number of hydrogen-bond acceptors (Lipinski definition) is 5. The fourth-order valence-electron chi connectivity index (χ4n) is 2.98. The minimum absolute atomic E-state index is 0.00850. The van der Waals surface area contributed by atoms with Gasteiger partial charge in [-0.05, 0) is 43.5 Å². The number of carbonyl (C=O) groups is 1. The molecule has 1 aromatic carbocycles. The highest BCUT2D eigenvalue weighted by atomic mass is 32.1. The Hall–Kier alpha value is -1.57. The fourth-order valence-corrected chi connectivity index (χ4v) is 3.52. The first-order chi connectivity index (χ1) is 10.7. The number of rotatable bonds is 4. The fraction of sp³-hybridized carbons (Fsp3) is 0.533. The van der Waals surface area contributed by atoms with Crippen molar-refractivity contribution in [3.05, 3.63) is 18.2 Å². The molecule has 2 heterocycles. The zero-order chi connectivity index (χ0) is 15.5. The summed E-state index contributed by atoms with van der Waals surface area (Å²) in [5.41, 5.74) is 8.13. The van der Waals surface area contributed by atoms with E-state index in [4.69, 9.17) is 5.73 Å². The lowest BCUT2D eigenvalue weighted by Gasteiger charge is -2.36. The zero-order valence-electron chi connectivity index (χ0n) is 12.7. The summed E-state index contributed by atoms with van der Waals surface area (Å²) in [6, 6.07) is 5.64. The summed E-state index contributed by atoms with van der Waals surface area (Å²) < 4.78 is 8.43. The van der Waals surface area contributed by atoms with Gasteiger partial charge < -0.3 is 11.1 Å². The van der Waals surface area contributed by atoms with Gasteiger partial charge in [0.1, 0.15) is 11.4 Å².